The van der Waals surface area contributed by atoms with E-state index in [2.05, 4.69) is 4.98 Å². The van der Waals surface area contributed by atoms with E-state index in [1.807, 2.05) is 0 Å². The SMILES string of the molecule is CC(Oc1cc(CCl)nc2ccccc12)C(F)(F)F. The van der Waals surface area contributed by atoms with Gasteiger partial charge in [0.15, 0.2) is 6.10 Å². The van der Waals surface area contributed by atoms with Crippen molar-refractivity contribution >= 4 is 22.5 Å². The molecular weight excluding hydrogens is 279 g/mol. The van der Waals surface area contributed by atoms with Crippen molar-refractivity contribution in [1.82, 2.24) is 4.98 Å². The maximum absolute atomic E-state index is 12.6. The number of benzene rings is 1. The highest BCUT2D eigenvalue weighted by atomic mass is 35.5. The second kappa shape index (κ2) is 5.25. The predicted molar refractivity (Wildman–Crippen MR) is 67.4 cm³/mol. The van der Waals surface area contributed by atoms with Crippen molar-refractivity contribution < 1.29 is 17.9 Å². The first-order chi connectivity index (χ1) is 8.91. The lowest BCUT2D eigenvalue weighted by molar-refractivity contribution is -0.189. The lowest BCUT2D eigenvalue weighted by atomic mass is 10.2. The number of halogens is 4. The summed E-state index contributed by atoms with van der Waals surface area (Å²) in [6.07, 6.45) is -6.30. The Morgan fingerprint density at radius 1 is 1.32 bits per heavy atom. The van der Waals surface area contributed by atoms with Gasteiger partial charge in [-0.05, 0) is 19.1 Å². The van der Waals surface area contributed by atoms with Crippen LogP contribution < -0.4 is 4.74 Å². The molecule has 2 nitrogen and oxygen atoms in total. The van der Waals surface area contributed by atoms with Gasteiger partial charge in [-0.15, -0.1) is 11.6 Å². The third-order valence-corrected chi connectivity index (χ3v) is 2.91. The number of rotatable bonds is 3. The van der Waals surface area contributed by atoms with Gasteiger partial charge in [0.1, 0.15) is 5.75 Å². The second-order valence-electron chi connectivity index (χ2n) is 4.06. The molecule has 19 heavy (non-hydrogen) atoms. The minimum Gasteiger partial charge on any atom is -0.480 e. The minimum absolute atomic E-state index is 0.113. The predicted octanol–water partition coefficient (Wildman–Crippen LogP) is 4.30. The first kappa shape index (κ1) is 13.9. The van der Waals surface area contributed by atoms with Crippen LogP contribution in [0.5, 0.6) is 5.75 Å². The second-order valence-corrected chi connectivity index (χ2v) is 4.33. The Hall–Kier alpha value is -1.49. The highest BCUT2D eigenvalue weighted by Gasteiger charge is 2.38. The zero-order chi connectivity index (χ0) is 14.0. The number of alkyl halides is 4. The molecule has 0 saturated carbocycles. The van der Waals surface area contributed by atoms with E-state index in [4.69, 9.17) is 16.3 Å². The van der Waals surface area contributed by atoms with E-state index in [0.717, 1.165) is 6.92 Å². The quantitative estimate of drug-likeness (QED) is 0.786. The molecule has 2 aromatic rings. The highest BCUT2D eigenvalue weighted by molar-refractivity contribution is 6.17. The number of para-hydroxylation sites is 1. The molecule has 102 valence electrons. The van der Waals surface area contributed by atoms with Gasteiger partial charge in [-0.2, -0.15) is 13.2 Å². The fourth-order valence-electron chi connectivity index (χ4n) is 1.62. The van der Waals surface area contributed by atoms with E-state index < -0.39 is 12.3 Å². The molecule has 2 rings (SSSR count). The molecule has 6 heteroatoms. The van der Waals surface area contributed by atoms with E-state index in [-0.39, 0.29) is 11.6 Å². The van der Waals surface area contributed by atoms with Crippen molar-refractivity contribution in [3.8, 4) is 5.75 Å². The van der Waals surface area contributed by atoms with Gasteiger partial charge >= 0.3 is 6.18 Å². The summed E-state index contributed by atoms with van der Waals surface area (Å²) in [6, 6.07) is 8.28. The molecule has 0 spiro atoms. The van der Waals surface area contributed by atoms with Crippen LogP contribution >= 0.6 is 11.6 Å². The summed E-state index contributed by atoms with van der Waals surface area (Å²) in [5, 5.41) is 0.535. The summed E-state index contributed by atoms with van der Waals surface area (Å²) in [6.45, 7) is 0.968. The van der Waals surface area contributed by atoms with Crippen LogP contribution in [-0.2, 0) is 5.88 Å². The Morgan fingerprint density at radius 2 is 2.00 bits per heavy atom. The molecule has 1 atom stereocenters. The maximum Gasteiger partial charge on any atom is 0.425 e. The van der Waals surface area contributed by atoms with Gasteiger partial charge in [0.25, 0.3) is 0 Å². The molecule has 0 aliphatic rings. The number of pyridine rings is 1. The molecule has 0 saturated heterocycles. The topological polar surface area (TPSA) is 22.1 Å². The number of hydrogen-bond acceptors (Lipinski definition) is 2. The van der Waals surface area contributed by atoms with Gasteiger partial charge in [0.2, 0.25) is 0 Å². The number of fused-ring (bicyclic) bond motifs is 1. The van der Waals surface area contributed by atoms with Gasteiger partial charge < -0.3 is 4.74 Å². The van der Waals surface area contributed by atoms with E-state index in [9.17, 15) is 13.2 Å². The Labute approximate surface area is 113 Å². The van der Waals surface area contributed by atoms with Crippen LogP contribution in [-0.4, -0.2) is 17.3 Å². The normalized spacial score (nSPS) is 13.5. The third kappa shape index (κ3) is 3.10. The Bertz CT molecular complexity index is 586. The molecule has 0 N–H and O–H groups in total. The number of aromatic nitrogens is 1. The van der Waals surface area contributed by atoms with Gasteiger partial charge in [0, 0.05) is 11.5 Å². The lowest BCUT2D eigenvalue weighted by Crippen LogP contribution is -2.31. The molecular formula is C13H11ClF3NO. The highest BCUT2D eigenvalue weighted by Crippen LogP contribution is 2.30. The number of hydrogen-bond donors (Lipinski definition) is 0. The first-order valence-electron chi connectivity index (χ1n) is 5.60. The van der Waals surface area contributed by atoms with E-state index in [0.29, 0.717) is 16.6 Å². The lowest BCUT2D eigenvalue weighted by Gasteiger charge is -2.19. The minimum atomic E-state index is -4.41. The molecule has 0 aliphatic carbocycles. The number of nitrogens with zero attached hydrogens (tertiary/aromatic N) is 1. The summed E-state index contributed by atoms with van der Waals surface area (Å²) in [5.41, 5.74) is 1.04. The monoisotopic (exact) mass is 289 g/mol. The summed E-state index contributed by atoms with van der Waals surface area (Å²) in [7, 11) is 0. The molecule has 0 amide bonds. The standard InChI is InChI=1S/C13H11ClF3NO/c1-8(13(15,16)17)19-12-6-9(7-14)18-11-5-3-2-4-10(11)12/h2-6,8H,7H2,1H3. The van der Waals surface area contributed by atoms with E-state index >= 15 is 0 Å². The van der Waals surface area contributed by atoms with Crippen molar-refractivity contribution in [1.29, 1.82) is 0 Å². The molecule has 0 radical (unpaired) electrons. The average Bonchev–Trinajstić information content (AvgIpc) is 2.37. The summed E-state index contributed by atoms with van der Waals surface area (Å²) in [5.74, 6) is 0.257. The first-order valence-corrected chi connectivity index (χ1v) is 6.13. The van der Waals surface area contributed by atoms with Crippen molar-refractivity contribution in [3.63, 3.8) is 0 Å². The van der Waals surface area contributed by atoms with E-state index in [1.54, 1.807) is 24.3 Å². The average molecular weight is 290 g/mol. The smallest absolute Gasteiger partial charge is 0.425 e. The summed E-state index contributed by atoms with van der Waals surface area (Å²) < 4.78 is 42.7. The Morgan fingerprint density at radius 3 is 2.63 bits per heavy atom. The summed E-state index contributed by atoms with van der Waals surface area (Å²) >= 11 is 5.69. The van der Waals surface area contributed by atoms with Gasteiger partial charge in [-0.1, -0.05) is 12.1 Å². The van der Waals surface area contributed by atoms with Gasteiger partial charge in [-0.25, -0.2) is 0 Å². The van der Waals surface area contributed by atoms with Gasteiger partial charge in [0.05, 0.1) is 17.1 Å². The molecule has 0 bridgehead atoms. The van der Waals surface area contributed by atoms with Crippen molar-refractivity contribution in [3.05, 3.63) is 36.0 Å². The van der Waals surface area contributed by atoms with Crippen LogP contribution in [0.15, 0.2) is 30.3 Å². The Balaban J connectivity index is 2.46. The molecule has 1 aromatic carbocycles. The van der Waals surface area contributed by atoms with Crippen molar-refractivity contribution in [2.75, 3.05) is 0 Å². The van der Waals surface area contributed by atoms with Crippen LogP contribution in [0.1, 0.15) is 12.6 Å². The zero-order valence-corrected chi connectivity index (χ0v) is 10.8. The third-order valence-electron chi connectivity index (χ3n) is 2.63. The largest absolute Gasteiger partial charge is 0.480 e. The maximum atomic E-state index is 12.6. The molecule has 1 heterocycles. The van der Waals surface area contributed by atoms with Crippen LogP contribution in [0, 0.1) is 0 Å². The Kier molecular flexibility index (Phi) is 3.85. The fraction of sp³-hybridized carbons (Fsp3) is 0.308. The van der Waals surface area contributed by atoms with Crippen LogP contribution in [0.25, 0.3) is 10.9 Å². The van der Waals surface area contributed by atoms with E-state index in [1.165, 1.54) is 6.07 Å². The number of ether oxygens (including phenoxy) is 1. The molecule has 1 aromatic heterocycles. The zero-order valence-electron chi connectivity index (χ0n) is 10.0. The molecule has 1 unspecified atom stereocenters. The van der Waals surface area contributed by atoms with Crippen LogP contribution in [0.3, 0.4) is 0 Å². The van der Waals surface area contributed by atoms with Crippen molar-refractivity contribution in [2.24, 2.45) is 0 Å². The fourth-order valence-corrected chi connectivity index (χ4v) is 1.76. The summed E-state index contributed by atoms with van der Waals surface area (Å²) in [4.78, 5) is 4.23. The van der Waals surface area contributed by atoms with Crippen molar-refractivity contribution in [2.45, 2.75) is 25.1 Å². The molecule has 0 fully saturated rings. The molecule has 0 aliphatic heterocycles. The van der Waals surface area contributed by atoms with Crippen LogP contribution in [0.4, 0.5) is 13.2 Å². The van der Waals surface area contributed by atoms with Crippen LogP contribution in [0.2, 0.25) is 0 Å². The van der Waals surface area contributed by atoms with Gasteiger partial charge in [-0.3, -0.25) is 4.98 Å².